The average molecular weight is 334 g/mol. The maximum absolute atomic E-state index is 6.05. The van der Waals surface area contributed by atoms with Gasteiger partial charge < -0.3 is 20.5 Å². The molecule has 4 rings (SSSR count). The Morgan fingerprint density at radius 2 is 1.92 bits per heavy atom. The summed E-state index contributed by atoms with van der Waals surface area (Å²) in [5, 5.41) is 3.25. The Morgan fingerprint density at radius 3 is 2.68 bits per heavy atom. The molecule has 7 nitrogen and oxygen atoms in total. The van der Waals surface area contributed by atoms with Crippen LogP contribution in [0.1, 0.15) is 11.1 Å². The quantitative estimate of drug-likeness (QED) is 0.518. The van der Waals surface area contributed by atoms with E-state index in [-0.39, 0.29) is 0 Å². The van der Waals surface area contributed by atoms with E-state index in [2.05, 4.69) is 56.4 Å². The van der Waals surface area contributed by atoms with E-state index in [9.17, 15) is 0 Å². The van der Waals surface area contributed by atoms with Crippen LogP contribution in [0, 0.1) is 6.92 Å². The molecule has 0 unspecified atom stereocenters. The average Bonchev–Trinajstić information content (AvgIpc) is 3.26. The van der Waals surface area contributed by atoms with Crippen LogP contribution in [-0.2, 0) is 6.42 Å². The number of imidazole rings is 1. The van der Waals surface area contributed by atoms with Crippen LogP contribution in [0.15, 0.2) is 47.1 Å². The largest absolute Gasteiger partial charge is 0.461 e. The first-order chi connectivity index (χ1) is 12.2. The Labute approximate surface area is 144 Å². The van der Waals surface area contributed by atoms with E-state index in [1.54, 1.807) is 18.4 Å². The standard InChI is InChI=1S/C18H18N6O/c1-11-4-6-12(7-5-11)8-9-20-18-22-15(19)14-17(24-18)23-16(21-14)13-3-2-10-25-13/h2-7,10H,8-9H2,1H3,(H4,19,20,21,22,23,24). The molecule has 1 aromatic heterocycles. The minimum atomic E-state index is 0.424. The Hall–Kier alpha value is -3.35. The molecule has 0 aliphatic carbocycles. The third kappa shape index (κ3) is 3.16. The summed E-state index contributed by atoms with van der Waals surface area (Å²) in [4.78, 5) is 16.3. The van der Waals surface area contributed by atoms with Crippen molar-refractivity contribution in [3.63, 3.8) is 0 Å². The summed E-state index contributed by atoms with van der Waals surface area (Å²) in [6, 6.07) is 12.1. The molecule has 0 atom stereocenters. The molecule has 7 heteroatoms. The van der Waals surface area contributed by atoms with E-state index < -0.39 is 0 Å². The number of aromatic nitrogens is 4. The molecular weight excluding hydrogens is 316 g/mol. The van der Waals surface area contributed by atoms with Gasteiger partial charge in [-0.25, -0.2) is 9.97 Å². The van der Waals surface area contributed by atoms with Gasteiger partial charge in [0.15, 0.2) is 23.1 Å². The number of hydrogen-bond acceptors (Lipinski definition) is 6. The summed E-state index contributed by atoms with van der Waals surface area (Å²) in [6.45, 7) is 2.81. The molecule has 1 aromatic carbocycles. The van der Waals surface area contributed by atoms with Gasteiger partial charge in [-0.05, 0) is 31.0 Å². The molecule has 2 aliphatic heterocycles. The van der Waals surface area contributed by atoms with Gasteiger partial charge in [0.1, 0.15) is 5.82 Å². The number of aryl methyl sites for hydroxylation is 1. The van der Waals surface area contributed by atoms with Crippen LogP contribution >= 0.6 is 0 Å². The fourth-order valence-electron chi connectivity index (χ4n) is 2.59. The normalized spacial score (nSPS) is 11.1. The van der Waals surface area contributed by atoms with Gasteiger partial charge in [0.05, 0.1) is 6.26 Å². The highest BCUT2D eigenvalue weighted by Crippen LogP contribution is 2.28. The molecule has 2 aliphatic rings. The van der Waals surface area contributed by atoms with Crippen molar-refractivity contribution in [1.82, 2.24) is 19.9 Å². The van der Waals surface area contributed by atoms with Crippen LogP contribution in [-0.4, -0.2) is 26.5 Å². The molecule has 0 saturated carbocycles. The van der Waals surface area contributed by atoms with Crippen molar-refractivity contribution in [2.75, 3.05) is 17.6 Å². The van der Waals surface area contributed by atoms with Crippen molar-refractivity contribution in [2.45, 2.75) is 13.3 Å². The summed E-state index contributed by atoms with van der Waals surface area (Å²) in [7, 11) is 0. The molecule has 0 radical (unpaired) electrons. The lowest BCUT2D eigenvalue weighted by Gasteiger charge is -2.09. The van der Waals surface area contributed by atoms with Gasteiger partial charge in [0, 0.05) is 6.54 Å². The van der Waals surface area contributed by atoms with Crippen LogP contribution in [0.4, 0.5) is 11.8 Å². The molecule has 0 amide bonds. The molecular formula is C18H18N6O. The summed E-state index contributed by atoms with van der Waals surface area (Å²) >= 11 is 0. The molecule has 0 bridgehead atoms. The predicted molar refractivity (Wildman–Crippen MR) is 96.3 cm³/mol. The first kappa shape index (κ1) is 15.2. The number of nitrogens with two attached hydrogens (primary N) is 1. The van der Waals surface area contributed by atoms with E-state index in [4.69, 9.17) is 10.2 Å². The minimum Gasteiger partial charge on any atom is -0.461 e. The number of anilines is 2. The predicted octanol–water partition coefficient (Wildman–Crippen LogP) is 3.11. The summed E-state index contributed by atoms with van der Waals surface area (Å²) in [5.74, 6) is 2.55. The fourth-order valence-corrected chi connectivity index (χ4v) is 2.59. The monoisotopic (exact) mass is 334 g/mol. The lowest BCUT2D eigenvalue weighted by atomic mass is 10.1. The van der Waals surface area contributed by atoms with Gasteiger partial charge in [-0.2, -0.15) is 4.98 Å². The lowest BCUT2D eigenvalue weighted by Crippen LogP contribution is -2.10. The second kappa shape index (κ2) is 6.27. The van der Waals surface area contributed by atoms with Crippen LogP contribution < -0.4 is 11.1 Å². The maximum atomic E-state index is 6.05. The summed E-state index contributed by atoms with van der Waals surface area (Å²) in [5.41, 5.74) is 9.11. The van der Waals surface area contributed by atoms with Gasteiger partial charge in [-0.1, -0.05) is 29.8 Å². The topological polar surface area (TPSA) is 106 Å². The van der Waals surface area contributed by atoms with Gasteiger partial charge in [-0.3, -0.25) is 0 Å². The van der Waals surface area contributed by atoms with Gasteiger partial charge in [0.25, 0.3) is 0 Å². The minimum absolute atomic E-state index is 0.424. The highest BCUT2D eigenvalue weighted by molar-refractivity contribution is 5.71. The van der Waals surface area contributed by atoms with Crippen molar-refractivity contribution in [3.8, 4) is 23.1 Å². The fraction of sp³-hybridized carbons (Fsp3) is 0.167. The first-order valence-electron chi connectivity index (χ1n) is 8.05. The Bertz CT molecular complexity index is 942. The number of aromatic amines is 1. The molecule has 0 spiro atoms. The highest BCUT2D eigenvalue weighted by Gasteiger charge is 2.19. The SMILES string of the molecule is Cc1ccc(CCNc2nc3nc(-c4ccco4)nc-3c(N)[nH]2)cc1. The van der Waals surface area contributed by atoms with E-state index in [0.29, 0.717) is 34.9 Å². The number of benzene rings is 1. The zero-order valence-corrected chi connectivity index (χ0v) is 13.8. The van der Waals surface area contributed by atoms with Crippen molar-refractivity contribution < 1.29 is 4.42 Å². The summed E-state index contributed by atoms with van der Waals surface area (Å²) < 4.78 is 5.32. The highest BCUT2D eigenvalue weighted by atomic mass is 16.3. The van der Waals surface area contributed by atoms with Crippen LogP contribution in [0.2, 0.25) is 0 Å². The van der Waals surface area contributed by atoms with E-state index in [1.165, 1.54) is 11.1 Å². The number of fused-ring (bicyclic) bond motifs is 1. The molecule has 0 saturated heterocycles. The third-order valence-electron chi connectivity index (χ3n) is 3.94. The third-order valence-corrected chi connectivity index (χ3v) is 3.94. The molecule has 126 valence electrons. The van der Waals surface area contributed by atoms with E-state index in [1.807, 2.05) is 0 Å². The Morgan fingerprint density at radius 1 is 1.08 bits per heavy atom. The van der Waals surface area contributed by atoms with Gasteiger partial charge in [-0.15, -0.1) is 0 Å². The molecule has 0 fully saturated rings. The molecule has 4 N–H and O–H groups in total. The van der Waals surface area contributed by atoms with Crippen molar-refractivity contribution in [1.29, 1.82) is 0 Å². The smallest absolute Gasteiger partial charge is 0.203 e. The van der Waals surface area contributed by atoms with Crippen molar-refractivity contribution in [2.24, 2.45) is 0 Å². The second-order valence-corrected chi connectivity index (χ2v) is 5.86. The van der Waals surface area contributed by atoms with Crippen molar-refractivity contribution >= 4 is 11.8 Å². The first-order valence-corrected chi connectivity index (χ1v) is 8.05. The number of furan rings is 1. The van der Waals surface area contributed by atoms with Crippen LogP contribution in [0.25, 0.3) is 23.1 Å². The van der Waals surface area contributed by atoms with E-state index in [0.717, 1.165) is 13.0 Å². The number of nitrogens with one attached hydrogen (secondary N) is 2. The van der Waals surface area contributed by atoms with Gasteiger partial charge >= 0.3 is 0 Å². The number of H-pyrrole nitrogens is 1. The van der Waals surface area contributed by atoms with Gasteiger partial charge in [0.2, 0.25) is 5.95 Å². The Kier molecular flexibility index (Phi) is 3.81. The zero-order chi connectivity index (χ0) is 17.2. The van der Waals surface area contributed by atoms with E-state index >= 15 is 0 Å². The zero-order valence-electron chi connectivity index (χ0n) is 13.8. The lowest BCUT2D eigenvalue weighted by molar-refractivity contribution is 0.578. The second-order valence-electron chi connectivity index (χ2n) is 5.86. The molecule has 3 heterocycles. The number of hydrogen-bond donors (Lipinski definition) is 3. The van der Waals surface area contributed by atoms with Crippen LogP contribution in [0.5, 0.6) is 0 Å². The Balaban J connectivity index is 1.50. The summed E-state index contributed by atoms with van der Waals surface area (Å²) in [6.07, 6.45) is 2.47. The molecule has 2 aromatic rings. The number of nitrogens with zero attached hydrogens (tertiary/aromatic N) is 3. The maximum Gasteiger partial charge on any atom is 0.203 e. The molecule has 25 heavy (non-hydrogen) atoms. The van der Waals surface area contributed by atoms with Crippen LogP contribution in [0.3, 0.4) is 0 Å². The number of rotatable bonds is 5. The number of nitrogen functional groups attached to an aromatic ring is 1. The van der Waals surface area contributed by atoms with Crippen molar-refractivity contribution in [3.05, 3.63) is 53.8 Å².